The van der Waals surface area contributed by atoms with Crippen molar-refractivity contribution in [2.45, 2.75) is 13.8 Å². The van der Waals surface area contributed by atoms with Gasteiger partial charge < -0.3 is 0 Å². The lowest BCUT2D eigenvalue weighted by Gasteiger charge is -2.13. The van der Waals surface area contributed by atoms with Gasteiger partial charge in [0.05, 0.1) is 13.2 Å². The number of hydrogen-bond donors (Lipinski definition) is 0. The summed E-state index contributed by atoms with van der Waals surface area (Å²) in [5, 5.41) is 0. The Labute approximate surface area is 96.2 Å². The van der Waals surface area contributed by atoms with E-state index in [0.717, 1.165) is 6.08 Å². The van der Waals surface area contributed by atoms with Gasteiger partial charge in [-0.3, -0.25) is 18.4 Å². The van der Waals surface area contributed by atoms with E-state index in [1.165, 1.54) is 0 Å². The summed E-state index contributed by atoms with van der Waals surface area (Å²) < 4.78 is 21.9. The van der Waals surface area contributed by atoms with Crippen molar-refractivity contribution < 1.29 is 18.4 Å². The lowest BCUT2D eigenvalue weighted by molar-refractivity contribution is -0.109. The molecule has 0 saturated heterocycles. The molecule has 0 aromatic carbocycles. The molecule has 0 heterocycles. The van der Waals surface area contributed by atoms with E-state index in [0.29, 0.717) is 0 Å². The van der Waals surface area contributed by atoms with Crippen LogP contribution in [-0.4, -0.2) is 18.7 Å². The van der Waals surface area contributed by atoms with Crippen LogP contribution >= 0.6 is 7.60 Å². The van der Waals surface area contributed by atoms with Crippen molar-refractivity contribution in [1.29, 1.82) is 0 Å². The minimum atomic E-state index is -3.73. The summed E-state index contributed by atoms with van der Waals surface area (Å²) in [5.41, 5.74) is -0.721. The second-order valence-electron chi connectivity index (χ2n) is 2.77. The fraction of sp³-hybridized carbons (Fsp3) is 0.364. The van der Waals surface area contributed by atoms with Crippen LogP contribution in [0.4, 0.5) is 0 Å². The van der Waals surface area contributed by atoms with Crippen LogP contribution in [0.5, 0.6) is 0 Å². The van der Waals surface area contributed by atoms with Gasteiger partial charge >= 0.3 is 7.60 Å². The number of carbonyl (C=O) groups is 1. The molecule has 0 spiro atoms. The largest absolute Gasteiger partial charge is 0.401 e. The van der Waals surface area contributed by atoms with Gasteiger partial charge in [-0.25, -0.2) is 0 Å². The van der Waals surface area contributed by atoms with Gasteiger partial charge in [0.15, 0.2) is 0 Å². The molecule has 0 aliphatic rings. The maximum Gasteiger partial charge on any atom is 0.401 e. The molecule has 16 heavy (non-hydrogen) atoms. The van der Waals surface area contributed by atoms with Crippen molar-refractivity contribution in [3.8, 4) is 0 Å². The van der Waals surface area contributed by atoms with Crippen LogP contribution in [0.25, 0.3) is 0 Å². The molecule has 0 atom stereocenters. The van der Waals surface area contributed by atoms with Gasteiger partial charge in [0.25, 0.3) is 5.52 Å². The first-order valence-electron chi connectivity index (χ1n) is 4.89. The van der Waals surface area contributed by atoms with Crippen LogP contribution in [0, 0.1) is 0 Å². The third-order valence-electron chi connectivity index (χ3n) is 1.60. The monoisotopic (exact) mass is 244 g/mol. The van der Waals surface area contributed by atoms with Crippen LogP contribution in [0.15, 0.2) is 37.0 Å². The van der Waals surface area contributed by atoms with Crippen molar-refractivity contribution in [2.75, 3.05) is 13.2 Å². The Bertz CT molecular complexity index is 311. The molecule has 90 valence electrons. The number of hydrogen-bond acceptors (Lipinski definition) is 4. The molecule has 0 aromatic heterocycles. The molecule has 4 nitrogen and oxygen atoms in total. The van der Waals surface area contributed by atoms with Crippen molar-refractivity contribution in [2.24, 2.45) is 0 Å². The maximum absolute atomic E-state index is 12.0. The normalized spacial score (nSPS) is 12.4. The van der Waals surface area contributed by atoms with E-state index >= 15 is 0 Å². The first-order chi connectivity index (χ1) is 7.60. The SMILES string of the molecule is C=CC(=O)P(=O)(OC/C=C/C)OC/C=C/C. The zero-order valence-electron chi connectivity index (χ0n) is 9.59. The minimum Gasteiger partial charge on any atom is -0.299 e. The Balaban J connectivity index is 4.54. The van der Waals surface area contributed by atoms with E-state index in [1.54, 1.807) is 38.2 Å². The van der Waals surface area contributed by atoms with E-state index in [9.17, 15) is 9.36 Å². The predicted octanol–water partition coefficient (Wildman–Crippen LogP) is 3.08. The summed E-state index contributed by atoms with van der Waals surface area (Å²) in [6, 6.07) is 0. The Kier molecular flexibility index (Phi) is 7.73. The Morgan fingerprint density at radius 3 is 1.94 bits per heavy atom. The number of carbonyl (C=O) groups excluding carboxylic acids is 1. The first kappa shape index (κ1) is 15.0. The van der Waals surface area contributed by atoms with Crippen molar-refractivity contribution in [3.63, 3.8) is 0 Å². The summed E-state index contributed by atoms with van der Waals surface area (Å²) >= 11 is 0. The van der Waals surface area contributed by atoms with E-state index < -0.39 is 13.1 Å². The molecule has 0 aliphatic carbocycles. The van der Waals surface area contributed by atoms with E-state index in [2.05, 4.69) is 6.58 Å². The molecule has 0 aromatic rings. The van der Waals surface area contributed by atoms with E-state index in [-0.39, 0.29) is 13.2 Å². The quantitative estimate of drug-likeness (QED) is 0.374. The van der Waals surface area contributed by atoms with E-state index in [1.807, 2.05) is 0 Å². The lowest BCUT2D eigenvalue weighted by Crippen LogP contribution is -2.04. The summed E-state index contributed by atoms with van der Waals surface area (Å²) in [7, 11) is -3.73. The summed E-state index contributed by atoms with van der Waals surface area (Å²) in [6.07, 6.45) is 7.69. The average molecular weight is 244 g/mol. The lowest BCUT2D eigenvalue weighted by atomic mass is 10.6. The zero-order valence-corrected chi connectivity index (χ0v) is 10.5. The molecular formula is C11H17O4P. The highest BCUT2D eigenvalue weighted by atomic mass is 31.2. The topological polar surface area (TPSA) is 52.6 Å². The van der Waals surface area contributed by atoms with Gasteiger partial charge in [-0.15, -0.1) is 0 Å². The smallest absolute Gasteiger partial charge is 0.299 e. The highest BCUT2D eigenvalue weighted by Crippen LogP contribution is 2.49. The van der Waals surface area contributed by atoms with Gasteiger partial charge in [-0.05, 0) is 19.9 Å². The summed E-state index contributed by atoms with van der Waals surface area (Å²) in [4.78, 5) is 11.3. The average Bonchev–Trinajstić information content (AvgIpc) is 2.28. The Morgan fingerprint density at radius 1 is 1.19 bits per heavy atom. The third kappa shape index (κ3) is 5.21. The molecule has 0 saturated carbocycles. The van der Waals surface area contributed by atoms with Gasteiger partial charge in [0.1, 0.15) is 0 Å². The molecule has 0 radical (unpaired) electrons. The fourth-order valence-electron chi connectivity index (χ4n) is 0.751. The van der Waals surface area contributed by atoms with Crippen molar-refractivity contribution >= 4 is 13.1 Å². The minimum absolute atomic E-state index is 0.0726. The van der Waals surface area contributed by atoms with Crippen molar-refractivity contribution in [3.05, 3.63) is 37.0 Å². The van der Waals surface area contributed by atoms with Crippen LogP contribution in [0.2, 0.25) is 0 Å². The Morgan fingerprint density at radius 2 is 1.62 bits per heavy atom. The second-order valence-corrected chi connectivity index (χ2v) is 4.72. The van der Waals surface area contributed by atoms with Crippen LogP contribution in [0.1, 0.15) is 13.8 Å². The highest BCUT2D eigenvalue weighted by molar-refractivity contribution is 7.72. The van der Waals surface area contributed by atoms with Gasteiger partial charge in [-0.2, -0.15) is 0 Å². The van der Waals surface area contributed by atoms with Gasteiger partial charge in [0.2, 0.25) is 0 Å². The molecule has 0 fully saturated rings. The van der Waals surface area contributed by atoms with Crippen molar-refractivity contribution in [1.82, 2.24) is 0 Å². The van der Waals surface area contributed by atoms with Crippen LogP contribution < -0.4 is 0 Å². The number of allylic oxidation sites excluding steroid dienone is 3. The highest BCUT2D eigenvalue weighted by Gasteiger charge is 2.31. The van der Waals surface area contributed by atoms with Gasteiger partial charge in [0, 0.05) is 0 Å². The standard InChI is InChI=1S/C11H17O4P/c1-4-7-9-14-16(13,11(12)6-3)15-10-8-5-2/h4-8H,3,9-10H2,1-2H3/b7-4+,8-5+. The molecule has 0 rings (SSSR count). The zero-order chi connectivity index (χ0) is 12.4. The molecule has 0 amide bonds. The number of rotatable bonds is 8. The van der Waals surface area contributed by atoms with E-state index in [4.69, 9.17) is 9.05 Å². The second kappa shape index (κ2) is 8.22. The summed E-state index contributed by atoms with van der Waals surface area (Å²) in [6.45, 7) is 7.00. The first-order valence-corrected chi connectivity index (χ1v) is 6.43. The molecule has 0 unspecified atom stereocenters. The molecule has 0 aliphatic heterocycles. The molecular weight excluding hydrogens is 227 g/mol. The maximum atomic E-state index is 12.0. The molecule has 0 bridgehead atoms. The molecule has 0 N–H and O–H groups in total. The predicted molar refractivity (Wildman–Crippen MR) is 64.3 cm³/mol. The Hall–Kier alpha value is -0.960. The van der Waals surface area contributed by atoms with Gasteiger partial charge in [-0.1, -0.05) is 30.9 Å². The summed E-state index contributed by atoms with van der Waals surface area (Å²) in [5.74, 6) is 0. The van der Waals surface area contributed by atoms with Crippen LogP contribution in [0.3, 0.4) is 0 Å². The molecule has 5 heteroatoms. The third-order valence-corrected chi connectivity index (χ3v) is 3.30. The van der Waals surface area contributed by atoms with Crippen LogP contribution in [-0.2, 0) is 18.4 Å². The fourth-order valence-corrected chi connectivity index (χ4v) is 1.87.